The zero-order valence-electron chi connectivity index (χ0n) is 16.1. The van der Waals surface area contributed by atoms with E-state index in [-0.39, 0.29) is 30.6 Å². The quantitative estimate of drug-likeness (QED) is 0.664. The van der Waals surface area contributed by atoms with Crippen molar-refractivity contribution in [2.24, 2.45) is 0 Å². The van der Waals surface area contributed by atoms with Gasteiger partial charge in [-0.25, -0.2) is 9.67 Å². The maximum atomic E-state index is 12.4. The van der Waals surface area contributed by atoms with Crippen molar-refractivity contribution in [3.63, 3.8) is 0 Å². The number of rotatable bonds is 6. The number of carbonyl (C=O) groups is 2. The van der Waals surface area contributed by atoms with E-state index in [0.717, 1.165) is 22.2 Å². The van der Waals surface area contributed by atoms with Crippen LogP contribution in [-0.4, -0.2) is 26.5 Å². The van der Waals surface area contributed by atoms with Crippen LogP contribution in [0, 0.1) is 13.8 Å². The van der Waals surface area contributed by atoms with Gasteiger partial charge in [0.05, 0.1) is 18.1 Å². The molecule has 0 spiro atoms. The minimum Gasteiger partial charge on any atom is -0.325 e. The Labute approximate surface area is 158 Å². The highest BCUT2D eigenvalue weighted by molar-refractivity contribution is 6.01. The van der Waals surface area contributed by atoms with Gasteiger partial charge in [-0.05, 0) is 45.4 Å². The molecule has 6 heteroatoms. The van der Waals surface area contributed by atoms with Crippen molar-refractivity contribution in [3.8, 4) is 0 Å². The van der Waals surface area contributed by atoms with E-state index in [1.54, 1.807) is 12.4 Å². The van der Waals surface area contributed by atoms with E-state index in [9.17, 15) is 9.59 Å². The molecule has 0 radical (unpaired) electrons. The number of aryl methyl sites for hydroxylation is 2. The predicted molar refractivity (Wildman–Crippen MR) is 106 cm³/mol. The van der Waals surface area contributed by atoms with Crippen molar-refractivity contribution in [3.05, 3.63) is 53.3 Å². The molecule has 2 aromatic heterocycles. The second-order valence-electron chi connectivity index (χ2n) is 7.11. The molecular formula is C21H24N4O2. The smallest absolute Gasteiger partial charge is 0.224 e. The van der Waals surface area contributed by atoms with Gasteiger partial charge in [-0.2, -0.15) is 5.10 Å². The van der Waals surface area contributed by atoms with E-state index >= 15 is 0 Å². The Morgan fingerprint density at radius 1 is 1.11 bits per heavy atom. The summed E-state index contributed by atoms with van der Waals surface area (Å²) in [5.41, 5.74) is 4.05. The molecule has 140 valence electrons. The number of nitrogens with one attached hydrogen (secondary N) is 1. The predicted octanol–water partition coefficient (Wildman–Crippen LogP) is 4.23. The SMILES string of the molecule is Cc1ccc(C)c(C(=O)CCC(=O)Nc2cnc3c(cnn3C(C)C)c2)c1. The van der Waals surface area contributed by atoms with Crippen LogP contribution in [0.1, 0.15) is 54.2 Å². The number of aromatic nitrogens is 3. The molecule has 0 fully saturated rings. The molecule has 1 N–H and O–H groups in total. The van der Waals surface area contributed by atoms with E-state index in [1.807, 2.05) is 56.6 Å². The minimum atomic E-state index is -0.203. The summed E-state index contributed by atoms with van der Waals surface area (Å²) >= 11 is 0. The lowest BCUT2D eigenvalue weighted by molar-refractivity contribution is -0.116. The van der Waals surface area contributed by atoms with Crippen LogP contribution in [0.4, 0.5) is 5.69 Å². The van der Waals surface area contributed by atoms with Crippen molar-refractivity contribution in [1.82, 2.24) is 14.8 Å². The van der Waals surface area contributed by atoms with Gasteiger partial charge in [-0.15, -0.1) is 0 Å². The van der Waals surface area contributed by atoms with E-state index in [4.69, 9.17) is 0 Å². The number of hydrogen-bond acceptors (Lipinski definition) is 4. The molecule has 1 aromatic carbocycles. The van der Waals surface area contributed by atoms with Gasteiger partial charge in [0.15, 0.2) is 11.4 Å². The van der Waals surface area contributed by atoms with Crippen molar-refractivity contribution in [2.75, 3.05) is 5.32 Å². The van der Waals surface area contributed by atoms with Crippen LogP contribution >= 0.6 is 0 Å². The van der Waals surface area contributed by atoms with Gasteiger partial charge in [-0.1, -0.05) is 17.7 Å². The van der Waals surface area contributed by atoms with Crippen LogP contribution in [-0.2, 0) is 4.79 Å². The van der Waals surface area contributed by atoms with Crippen LogP contribution in [0.25, 0.3) is 11.0 Å². The number of pyridine rings is 1. The Morgan fingerprint density at radius 3 is 2.63 bits per heavy atom. The summed E-state index contributed by atoms with van der Waals surface area (Å²) in [7, 11) is 0. The number of anilines is 1. The Bertz CT molecular complexity index is 1000. The molecule has 0 bridgehead atoms. The van der Waals surface area contributed by atoms with Crippen LogP contribution in [0.5, 0.6) is 0 Å². The Hall–Kier alpha value is -3.02. The Kier molecular flexibility index (Phi) is 5.35. The topological polar surface area (TPSA) is 76.9 Å². The summed E-state index contributed by atoms with van der Waals surface area (Å²) < 4.78 is 1.84. The highest BCUT2D eigenvalue weighted by Crippen LogP contribution is 2.19. The number of nitrogens with zero attached hydrogens (tertiary/aromatic N) is 3. The van der Waals surface area contributed by atoms with Gasteiger partial charge in [0.2, 0.25) is 5.91 Å². The number of benzene rings is 1. The van der Waals surface area contributed by atoms with Crippen LogP contribution < -0.4 is 5.32 Å². The third-order valence-electron chi connectivity index (χ3n) is 4.48. The maximum Gasteiger partial charge on any atom is 0.224 e. The van der Waals surface area contributed by atoms with Gasteiger partial charge >= 0.3 is 0 Å². The summed E-state index contributed by atoms with van der Waals surface area (Å²) in [5, 5.41) is 8.00. The summed E-state index contributed by atoms with van der Waals surface area (Å²) in [6.45, 7) is 7.94. The molecule has 0 aliphatic heterocycles. The number of ketones is 1. The standard InChI is InChI=1S/C21H24N4O2/c1-13(2)25-21-16(11-23-25)10-17(12-22-21)24-20(27)8-7-19(26)18-9-14(3)5-6-15(18)4/h5-6,9-13H,7-8H2,1-4H3,(H,24,27). The monoisotopic (exact) mass is 364 g/mol. The van der Waals surface area contributed by atoms with E-state index in [2.05, 4.69) is 15.4 Å². The lowest BCUT2D eigenvalue weighted by Gasteiger charge is -2.08. The average Bonchev–Trinajstić information content (AvgIpc) is 3.05. The third-order valence-corrected chi connectivity index (χ3v) is 4.48. The van der Waals surface area contributed by atoms with Crippen LogP contribution in [0.15, 0.2) is 36.7 Å². The first-order valence-electron chi connectivity index (χ1n) is 9.08. The summed E-state index contributed by atoms with van der Waals surface area (Å²) in [6.07, 6.45) is 3.67. The first-order chi connectivity index (χ1) is 12.8. The molecular weight excluding hydrogens is 340 g/mol. The second-order valence-corrected chi connectivity index (χ2v) is 7.11. The molecule has 0 atom stereocenters. The highest BCUT2D eigenvalue weighted by Gasteiger charge is 2.13. The van der Waals surface area contributed by atoms with Gasteiger partial charge in [0.25, 0.3) is 0 Å². The van der Waals surface area contributed by atoms with Gasteiger partial charge < -0.3 is 5.32 Å². The van der Waals surface area contributed by atoms with Crippen LogP contribution in [0.3, 0.4) is 0 Å². The molecule has 0 aliphatic rings. The first kappa shape index (κ1) is 18.8. The minimum absolute atomic E-state index is 0.0156. The average molecular weight is 364 g/mol. The number of amides is 1. The largest absolute Gasteiger partial charge is 0.325 e. The van der Waals surface area contributed by atoms with E-state index in [0.29, 0.717) is 11.3 Å². The summed E-state index contributed by atoms with van der Waals surface area (Å²) in [4.78, 5) is 29.0. The van der Waals surface area contributed by atoms with Crippen molar-refractivity contribution >= 4 is 28.4 Å². The molecule has 0 aliphatic carbocycles. The lowest BCUT2D eigenvalue weighted by Crippen LogP contribution is -2.14. The zero-order valence-corrected chi connectivity index (χ0v) is 16.1. The molecule has 3 rings (SSSR count). The van der Waals surface area contributed by atoms with Crippen LogP contribution in [0.2, 0.25) is 0 Å². The van der Waals surface area contributed by atoms with Gasteiger partial charge in [0.1, 0.15) is 0 Å². The van der Waals surface area contributed by atoms with E-state index < -0.39 is 0 Å². The Morgan fingerprint density at radius 2 is 1.89 bits per heavy atom. The molecule has 0 saturated carbocycles. The van der Waals surface area contributed by atoms with Crippen molar-refractivity contribution in [2.45, 2.75) is 46.6 Å². The molecule has 0 unspecified atom stereocenters. The van der Waals surface area contributed by atoms with E-state index in [1.165, 1.54) is 0 Å². The number of carbonyl (C=O) groups excluding carboxylic acids is 2. The van der Waals surface area contributed by atoms with Crippen molar-refractivity contribution < 1.29 is 9.59 Å². The summed E-state index contributed by atoms with van der Waals surface area (Å²) in [6, 6.07) is 7.84. The summed E-state index contributed by atoms with van der Waals surface area (Å²) in [5.74, 6) is -0.218. The van der Waals surface area contributed by atoms with Gasteiger partial charge in [-0.3, -0.25) is 9.59 Å². The fourth-order valence-electron chi connectivity index (χ4n) is 3.01. The normalized spacial score (nSPS) is 11.1. The fraction of sp³-hybridized carbons (Fsp3) is 0.333. The third kappa shape index (κ3) is 4.22. The molecule has 1 amide bonds. The molecule has 0 saturated heterocycles. The molecule has 27 heavy (non-hydrogen) atoms. The first-order valence-corrected chi connectivity index (χ1v) is 9.08. The molecule has 2 heterocycles. The molecule has 6 nitrogen and oxygen atoms in total. The fourth-order valence-corrected chi connectivity index (χ4v) is 3.01. The highest BCUT2D eigenvalue weighted by atomic mass is 16.2. The number of Topliss-reactive ketones (excluding diaryl/α,β-unsaturated/α-hetero) is 1. The number of hydrogen-bond donors (Lipinski definition) is 1. The zero-order chi connectivity index (χ0) is 19.6. The van der Waals surface area contributed by atoms with Crippen molar-refractivity contribution in [1.29, 1.82) is 0 Å². The van der Waals surface area contributed by atoms with Gasteiger partial charge in [0, 0.05) is 29.8 Å². The molecule has 3 aromatic rings. The second kappa shape index (κ2) is 7.70. The maximum absolute atomic E-state index is 12.4. The lowest BCUT2D eigenvalue weighted by atomic mass is 9.99. The Balaban J connectivity index is 1.63. The number of fused-ring (bicyclic) bond motifs is 1.